The first kappa shape index (κ1) is 12.5. The molecule has 0 amide bonds. The molecule has 1 saturated heterocycles. The van der Waals surface area contributed by atoms with Crippen LogP contribution in [0.4, 0.5) is 0 Å². The molecule has 1 rings (SSSR count). The van der Waals surface area contributed by atoms with Gasteiger partial charge in [0.15, 0.2) is 0 Å². The van der Waals surface area contributed by atoms with Gasteiger partial charge < -0.3 is 0 Å². The van der Waals surface area contributed by atoms with Gasteiger partial charge in [-0.15, -0.1) is 0 Å². The molecule has 1 aliphatic heterocycles. The number of nitrogens with zero attached hydrogens (tertiary/aromatic N) is 1. The molecule has 0 bridgehead atoms. The average molecular weight is 262 g/mol. The molecule has 84 valence electrons. The second kappa shape index (κ2) is 4.52. The summed E-state index contributed by atoms with van der Waals surface area (Å²) in [7, 11) is 0. The van der Waals surface area contributed by atoms with Gasteiger partial charge in [0.25, 0.3) is 0 Å². The third-order valence-corrected chi connectivity index (χ3v) is 5.67. The highest BCUT2D eigenvalue weighted by Crippen LogP contribution is 2.37. The number of rotatable bonds is 3. The predicted molar refractivity (Wildman–Crippen MR) is 67.0 cm³/mol. The smallest absolute Gasteiger partial charge is 0.0337 e. The fraction of sp³-hybridized carbons (Fsp3) is 1.00. The zero-order valence-corrected chi connectivity index (χ0v) is 11.8. The summed E-state index contributed by atoms with van der Waals surface area (Å²) < 4.78 is 0. The third-order valence-electron chi connectivity index (χ3n) is 4.09. The van der Waals surface area contributed by atoms with Crippen LogP contribution in [0.3, 0.4) is 0 Å². The Kier molecular flexibility index (Phi) is 4.04. The molecule has 0 spiro atoms. The minimum absolute atomic E-state index is 0.322. The van der Waals surface area contributed by atoms with Crippen molar-refractivity contribution in [2.45, 2.75) is 63.9 Å². The van der Waals surface area contributed by atoms with Crippen LogP contribution in [-0.2, 0) is 0 Å². The fourth-order valence-electron chi connectivity index (χ4n) is 2.45. The van der Waals surface area contributed by atoms with Gasteiger partial charge in [-0.05, 0) is 33.1 Å². The maximum absolute atomic E-state index is 3.80. The molecule has 1 aliphatic rings. The normalized spacial score (nSPS) is 31.7. The van der Waals surface area contributed by atoms with Crippen molar-refractivity contribution >= 4 is 15.9 Å². The Morgan fingerprint density at radius 1 is 1.43 bits per heavy atom. The molecule has 3 atom stereocenters. The molecule has 0 aromatic heterocycles. The topological polar surface area (TPSA) is 3.24 Å². The van der Waals surface area contributed by atoms with Crippen LogP contribution in [0, 0.1) is 5.92 Å². The second-order valence-electron chi connectivity index (χ2n) is 5.23. The lowest BCUT2D eigenvalue weighted by atomic mass is 9.94. The monoisotopic (exact) mass is 261 g/mol. The number of hydrogen-bond donors (Lipinski definition) is 0. The zero-order valence-electron chi connectivity index (χ0n) is 10.2. The van der Waals surface area contributed by atoms with Crippen molar-refractivity contribution in [3.63, 3.8) is 0 Å². The van der Waals surface area contributed by atoms with Crippen molar-refractivity contribution in [1.82, 2.24) is 4.90 Å². The lowest BCUT2D eigenvalue weighted by Crippen LogP contribution is -2.49. The summed E-state index contributed by atoms with van der Waals surface area (Å²) in [5, 5.41) is 0. The molecule has 1 heterocycles. The van der Waals surface area contributed by atoms with Gasteiger partial charge in [0.05, 0.1) is 0 Å². The van der Waals surface area contributed by atoms with Crippen molar-refractivity contribution < 1.29 is 0 Å². The average Bonchev–Trinajstić information content (AvgIpc) is 2.40. The van der Waals surface area contributed by atoms with Crippen LogP contribution in [0.1, 0.15) is 47.5 Å². The van der Waals surface area contributed by atoms with Gasteiger partial charge in [0, 0.05) is 23.0 Å². The lowest BCUT2D eigenvalue weighted by Gasteiger charge is -2.40. The lowest BCUT2D eigenvalue weighted by molar-refractivity contribution is 0.0937. The molecule has 2 heteroatoms. The summed E-state index contributed by atoms with van der Waals surface area (Å²) in [6.07, 6.45) is 2.56. The highest BCUT2D eigenvalue weighted by atomic mass is 79.9. The first-order valence-corrected chi connectivity index (χ1v) is 6.73. The standard InChI is InChI=1S/C12H24BrN/c1-6-9(2)10(3)14-8-7-11(13)12(14,4)5/h9-11H,6-8H2,1-5H3. The van der Waals surface area contributed by atoms with E-state index < -0.39 is 0 Å². The highest BCUT2D eigenvalue weighted by Gasteiger charge is 2.42. The van der Waals surface area contributed by atoms with Crippen LogP contribution in [0.15, 0.2) is 0 Å². The van der Waals surface area contributed by atoms with E-state index in [1.807, 2.05) is 0 Å². The Morgan fingerprint density at radius 3 is 2.36 bits per heavy atom. The summed E-state index contributed by atoms with van der Waals surface area (Å²) in [5.41, 5.74) is 0.322. The first-order chi connectivity index (χ1) is 6.41. The number of alkyl halides is 1. The van der Waals surface area contributed by atoms with Gasteiger partial charge >= 0.3 is 0 Å². The minimum atomic E-state index is 0.322. The maximum atomic E-state index is 3.80. The molecule has 0 N–H and O–H groups in total. The summed E-state index contributed by atoms with van der Waals surface area (Å²) >= 11 is 3.80. The van der Waals surface area contributed by atoms with E-state index in [0.29, 0.717) is 16.4 Å². The van der Waals surface area contributed by atoms with Crippen LogP contribution in [0.25, 0.3) is 0 Å². The highest BCUT2D eigenvalue weighted by molar-refractivity contribution is 9.09. The molecule has 0 aromatic rings. The molecule has 0 radical (unpaired) electrons. The Bertz CT molecular complexity index is 191. The maximum Gasteiger partial charge on any atom is 0.0337 e. The van der Waals surface area contributed by atoms with Crippen molar-refractivity contribution in [3.8, 4) is 0 Å². The van der Waals surface area contributed by atoms with E-state index in [9.17, 15) is 0 Å². The molecular weight excluding hydrogens is 238 g/mol. The Labute approximate surface area is 97.4 Å². The van der Waals surface area contributed by atoms with Crippen LogP contribution in [0.5, 0.6) is 0 Å². The number of halogens is 1. The largest absolute Gasteiger partial charge is 0.294 e. The van der Waals surface area contributed by atoms with E-state index in [0.717, 1.165) is 5.92 Å². The molecule has 3 unspecified atom stereocenters. The molecular formula is C12H24BrN. The summed E-state index contributed by atoms with van der Waals surface area (Å²) in [6.45, 7) is 13.0. The van der Waals surface area contributed by atoms with E-state index in [1.165, 1.54) is 19.4 Å². The predicted octanol–water partition coefficient (Wildman–Crippen LogP) is 3.67. The van der Waals surface area contributed by atoms with E-state index in [4.69, 9.17) is 0 Å². The quantitative estimate of drug-likeness (QED) is 0.701. The van der Waals surface area contributed by atoms with Crippen molar-refractivity contribution in [2.75, 3.05) is 6.54 Å². The SMILES string of the molecule is CCC(C)C(C)N1CCC(Br)C1(C)C. The van der Waals surface area contributed by atoms with E-state index in [-0.39, 0.29) is 0 Å². The van der Waals surface area contributed by atoms with Crippen LogP contribution < -0.4 is 0 Å². The minimum Gasteiger partial charge on any atom is -0.294 e. The summed E-state index contributed by atoms with van der Waals surface area (Å²) in [5.74, 6) is 0.798. The van der Waals surface area contributed by atoms with E-state index in [1.54, 1.807) is 0 Å². The van der Waals surface area contributed by atoms with E-state index in [2.05, 4.69) is 55.4 Å². The summed E-state index contributed by atoms with van der Waals surface area (Å²) in [4.78, 5) is 3.32. The van der Waals surface area contributed by atoms with Crippen LogP contribution in [0.2, 0.25) is 0 Å². The van der Waals surface area contributed by atoms with Gasteiger partial charge in [-0.25, -0.2) is 0 Å². The molecule has 14 heavy (non-hydrogen) atoms. The van der Waals surface area contributed by atoms with Gasteiger partial charge in [-0.1, -0.05) is 36.2 Å². The second-order valence-corrected chi connectivity index (χ2v) is 6.33. The van der Waals surface area contributed by atoms with Gasteiger partial charge in [-0.2, -0.15) is 0 Å². The van der Waals surface area contributed by atoms with Crippen molar-refractivity contribution in [3.05, 3.63) is 0 Å². The van der Waals surface area contributed by atoms with Gasteiger partial charge in [-0.3, -0.25) is 4.90 Å². The Hall–Kier alpha value is 0.440. The van der Waals surface area contributed by atoms with Gasteiger partial charge in [0.2, 0.25) is 0 Å². The summed E-state index contributed by atoms with van der Waals surface area (Å²) in [6, 6.07) is 0.706. The third kappa shape index (κ3) is 2.16. The fourth-order valence-corrected chi connectivity index (χ4v) is 2.92. The number of likely N-dealkylation sites (tertiary alicyclic amines) is 1. The van der Waals surface area contributed by atoms with E-state index >= 15 is 0 Å². The molecule has 0 aromatic carbocycles. The molecule has 0 saturated carbocycles. The van der Waals surface area contributed by atoms with Crippen LogP contribution >= 0.6 is 15.9 Å². The van der Waals surface area contributed by atoms with Gasteiger partial charge in [0.1, 0.15) is 0 Å². The van der Waals surface area contributed by atoms with Crippen molar-refractivity contribution in [1.29, 1.82) is 0 Å². The first-order valence-electron chi connectivity index (χ1n) is 5.82. The molecule has 0 aliphatic carbocycles. The van der Waals surface area contributed by atoms with Crippen LogP contribution in [-0.4, -0.2) is 27.9 Å². The molecule has 1 nitrogen and oxygen atoms in total. The zero-order chi connectivity index (χ0) is 10.9. The molecule has 1 fully saturated rings. The number of hydrogen-bond acceptors (Lipinski definition) is 1. The Balaban J connectivity index is 2.69. The Morgan fingerprint density at radius 2 is 2.00 bits per heavy atom. The van der Waals surface area contributed by atoms with Crippen molar-refractivity contribution in [2.24, 2.45) is 5.92 Å².